The van der Waals surface area contributed by atoms with Gasteiger partial charge in [0.25, 0.3) is 0 Å². The lowest BCUT2D eigenvalue weighted by molar-refractivity contribution is 0.109. The first-order chi connectivity index (χ1) is 9.58. The summed E-state index contributed by atoms with van der Waals surface area (Å²) in [5, 5.41) is 14.3. The van der Waals surface area contributed by atoms with E-state index >= 15 is 0 Å². The second-order valence-corrected chi connectivity index (χ2v) is 5.77. The lowest BCUT2D eigenvalue weighted by atomic mass is 10.2. The summed E-state index contributed by atoms with van der Waals surface area (Å²) >= 11 is 0. The molecule has 0 radical (unpaired) electrons. The van der Waals surface area contributed by atoms with Crippen molar-refractivity contribution in [3.8, 4) is 0 Å². The van der Waals surface area contributed by atoms with Gasteiger partial charge in [-0.1, -0.05) is 32.8 Å². The van der Waals surface area contributed by atoms with Crippen LogP contribution in [-0.4, -0.2) is 36.5 Å². The molecule has 6 heteroatoms. The molecule has 0 saturated heterocycles. The lowest BCUT2D eigenvalue weighted by Gasteiger charge is -2.06. The topological polar surface area (TPSA) is 72.2 Å². The molecule has 0 fully saturated rings. The van der Waals surface area contributed by atoms with Crippen molar-refractivity contribution >= 4 is 6.01 Å². The zero-order valence-corrected chi connectivity index (χ0v) is 13.1. The smallest absolute Gasteiger partial charge is 0.315 e. The molecular formula is C14H28N4O2. The molecule has 1 rings (SSSR count). The summed E-state index contributed by atoms with van der Waals surface area (Å²) in [4.78, 5) is 0. The number of hydrogen-bond donors (Lipinski definition) is 2. The number of nitrogens with zero attached hydrogens (tertiary/aromatic N) is 2. The summed E-state index contributed by atoms with van der Waals surface area (Å²) in [6.07, 6.45) is 0.927. The zero-order chi connectivity index (χ0) is 14.8. The van der Waals surface area contributed by atoms with Crippen molar-refractivity contribution in [1.29, 1.82) is 0 Å². The van der Waals surface area contributed by atoms with Gasteiger partial charge in [0.05, 0.1) is 6.54 Å². The first kappa shape index (κ1) is 16.9. The van der Waals surface area contributed by atoms with Crippen molar-refractivity contribution in [2.75, 3.05) is 31.6 Å². The Morgan fingerprint density at radius 3 is 2.65 bits per heavy atom. The summed E-state index contributed by atoms with van der Waals surface area (Å²) in [6, 6.07) is 0.482. The van der Waals surface area contributed by atoms with Crippen LogP contribution in [-0.2, 0) is 11.3 Å². The first-order valence-electron chi connectivity index (χ1n) is 7.42. The molecule has 1 aromatic rings. The van der Waals surface area contributed by atoms with Crippen LogP contribution in [0.2, 0.25) is 0 Å². The quantitative estimate of drug-likeness (QED) is 0.607. The number of hydrogen-bond acceptors (Lipinski definition) is 6. The Morgan fingerprint density at radius 2 is 1.95 bits per heavy atom. The summed E-state index contributed by atoms with van der Waals surface area (Å²) in [5.41, 5.74) is 0. The fourth-order valence-electron chi connectivity index (χ4n) is 1.55. The van der Waals surface area contributed by atoms with Crippen molar-refractivity contribution in [1.82, 2.24) is 15.5 Å². The van der Waals surface area contributed by atoms with Crippen LogP contribution in [0, 0.1) is 11.8 Å². The Labute approximate surface area is 121 Å². The Hall–Kier alpha value is -1.14. The summed E-state index contributed by atoms with van der Waals surface area (Å²) in [6.45, 7) is 12.5. The molecule has 0 aromatic carbocycles. The van der Waals surface area contributed by atoms with Gasteiger partial charge in [-0.2, -0.15) is 0 Å². The minimum atomic E-state index is 0.482. The molecule has 2 N–H and O–H groups in total. The van der Waals surface area contributed by atoms with Crippen LogP contribution in [0.4, 0.5) is 6.01 Å². The average molecular weight is 284 g/mol. The van der Waals surface area contributed by atoms with Gasteiger partial charge in [-0.25, -0.2) is 0 Å². The van der Waals surface area contributed by atoms with Crippen molar-refractivity contribution in [2.24, 2.45) is 11.8 Å². The molecule has 0 aliphatic carbocycles. The second kappa shape index (κ2) is 9.72. The van der Waals surface area contributed by atoms with Crippen molar-refractivity contribution < 1.29 is 9.15 Å². The van der Waals surface area contributed by atoms with Gasteiger partial charge >= 0.3 is 6.01 Å². The molecule has 20 heavy (non-hydrogen) atoms. The van der Waals surface area contributed by atoms with Crippen molar-refractivity contribution in [2.45, 2.75) is 40.7 Å². The predicted molar refractivity (Wildman–Crippen MR) is 79.6 cm³/mol. The lowest BCUT2D eigenvalue weighted by Crippen LogP contribution is -2.19. The van der Waals surface area contributed by atoms with Crippen LogP contribution in [0.3, 0.4) is 0 Å². The van der Waals surface area contributed by atoms with Gasteiger partial charge in [0.15, 0.2) is 0 Å². The Balaban J connectivity index is 2.08. The number of anilines is 1. The third-order valence-electron chi connectivity index (χ3n) is 2.49. The van der Waals surface area contributed by atoms with Gasteiger partial charge in [-0.3, -0.25) is 0 Å². The summed E-state index contributed by atoms with van der Waals surface area (Å²) < 4.78 is 11.0. The fourth-order valence-corrected chi connectivity index (χ4v) is 1.55. The Kier molecular flexibility index (Phi) is 8.22. The second-order valence-electron chi connectivity index (χ2n) is 5.77. The molecule has 0 unspecified atom stereocenters. The van der Waals surface area contributed by atoms with Crippen LogP contribution in [0.5, 0.6) is 0 Å². The molecule has 0 aliphatic heterocycles. The molecule has 1 heterocycles. The van der Waals surface area contributed by atoms with E-state index < -0.39 is 0 Å². The Morgan fingerprint density at radius 1 is 1.15 bits per heavy atom. The number of nitrogens with one attached hydrogen (secondary N) is 2. The SMILES string of the molecule is CC(C)CNCc1nnc(NCCCOCC(C)C)o1. The minimum Gasteiger partial charge on any atom is -0.407 e. The normalized spacial score (nSPS) is 11.5. The molecule has 6 nitrogen and oxygen atoms in total. The van der Waals surface area contributed by atoms with Crippen LogP contribution >= 0.6 is 0 Å². The van der Waals surface area contributed by atoms with Crippen molar-refractivity contribution in [3.63, 3.8) is 0 Å². The van der Waals surface area contributed by atoms with E-state index in [1.165, 1.54) is 0 Å². The van der Waals surface area contributed by atoms with E-state index in [0.29, 0.717) is 30.3 Å². The van der Waals surface area contributed by atoms with Gasteiger partial charge in [0.1, 0.15) is 0 Å². The molecule has 0 saturated carbocycles. The van der Waals surface area contributed by atoms with E-state index in [1.807, 2.05) is 0 Å². The van der Waals surface area contributed by atoms with E-state index in [0.717, 1.165) is 32.7 Å². The van der Waals surface area contributed by atoms with Crippen LogP contribution < -0.4 is 10.6 Å². The van der Waals surface area contributed by atoms with Gasteiger partial charge in [0, 0.05) is 19.8 Å². The summed E-state index contributed by atoms with van der Waals surface area (Å²) in [7, 11) is 0. The number of aromatic nitrogens is 2. The molecule has 0 amide bonds. The van der Waals surface area contributed by atoms with E-state index in [4.69, 9.17) is 9.15 Å². The number of ether oxygens (including phenoxy) is 1. The highest BCUT2D eigenvalue weighted by Gasteiger charge is 2.05. The van der Waals surface area contributed by atoms with Crippen LogP contribution in [0.1, 0.15) is 40.0 Å². The standard InChI is InChI=1S/C14H28N4O2/c1-11(2)8-15-9-13-17-18-14(20-13)16-6-5-7-19-10-12(3)4/h11-12,15H,5-10H2,1-4H3,(H,16,18). The minimum absolute atomic E-state index is 0.482. The monoisotopic (exact) mass is 284 g/mol. The van der Waals surface area contributed by atoms with Crippen molar-refractivity contribution in [3.05, 3.63) is 5.89 Å². The molecule has 1 aromatic heterocycles. The molecule has 116 valence electrons. The van der Waals surface area contributed by atoms with Gasteiger partial charge in [0.2, 0.25) is 5.89 Å². The van der Waals surface area contributed by atoms with Gasteiger partial charge < -0.3 is 19.8 Å². The van der Waals surface area contributed by atoms with Crippen LogP contribution in [0.25, 0.3) is 0 Å². The highest BCUT2D eigenvalue weighted by molar-refractivity contribution is 5.16. The van der Waals surface area contributed by atoms with E-state index in [-0.39, 0.29) is 0 Å². The van der Waals surface area contributed by atoms with Crippen LogP contribution in [0.15, 0.2) is 4.42 Å². The highest BCUT2D eigenvalue weighted by atomic mass is 16.5. The third-order valence-corrected chi connectivity index (χ3v) is 2.49. The average Bonchev–Trinajstić information content (AvgIpc) is 2.81. The highest BCUT2D eigenvalue weighted by Crippen LogP contribution is 2.05. The molecule has 0 aliphatic rings. The number of rotatable bonds is 11. The van der Waals surface area contributed by atoms with E-state index in [1.54, 1.807) is 0 Å². The molecule has 0 atom stereocenters. The third kappa shape index (κ3) is 8.12. The maximum Gasteiger partial charge on any atom is 0.315 e. The Bertz CT molecular complexity index is 353. The predicted octanol–water partition coefficient (Wildman–Crippen LogP) is 2.29. The maximum absolute atomic E-state index is 5.50. The zero-order valence-electron chi connectivity index (χ0n) is 13.1. The first-order valence-corrected chi connectivity index (χ1v) is 7.42. The molecule has 0 spiro atoms. The fraction of sp³-hybridized carbons (Fsp3) is 0.857. The molecule has 0 bridgehead atoms. The van der Waals surface area contributed by atoms with Gasteiger partial charge in [-0.15, -0.1) is 5.10 Å². The van der Waals surface area contributed by atoms with E-state index in [2.05, 4.69) is 48.5 Å². The van der Waals surface area contributed by atoms with E-state index in [9.17, 15) is 0 Å². The van der Waals surface area contributed by atoms with Gasteiger partial charge in [-0.05, 0) is 24.8 Å². The summed E-state index contributed by atoms with van der Waals surface area (Å²) in [5.74, 6) is 1.81. The largest absolute Gasteiger partial charge is 0.407 e. The maximum atomic E-state index is 5.50. The molecular weight excluding hydrogens is 256 g/mol.